The van der Waals surface area contributed by atoms with Crippen molar-refractivity contribution >= 4 is 5.82 Å². The molecule has 0 amide bonds. The lowest BCUT2D eigenvalue weighted by Gasteiger charge is -2.33. The first-order chi connectivity index (χ1) is 9.24. The zero-order valence-corrected chi connectivity index (χ0v) is 11.4. The number of piperidine rings is 1. The van der Waals surface area contributed by atoms with Crippen molar-refractivity contribution in [2.45, 2.75) is 32.5 Å². The maximum Gasteiger partial charge on any atom is 0.131 e. The second-order valence-electron chi connectivity index (χ2n) is 4.92. The third-order valence-corrected chi connectivity index (χ3v) is 3.48. The number of anilines is 1. The highest BCUT2D eigenvalue weighted by atomic mass is 16.5. The summed E-state index contributed by atoms with van der Waals surface area (Å²) < 4.78 is 5.55. The van der Waals surface area contributed by atoms with Crippen LogP contribution in [-0.4, -0.2) is 47.6 Å². The molecule has 0 bridgehead atoms. The number of aliphatic hydroxyl groups is 2. The van der Waals surface area contributed by atoms with Gasteiger partial charge in [-0.2, -0.15) is 0 Å². The van der Waals surface area contributed by atoms with Crippen molar-refractivity contribution in [2.24, 2.45) is 0 Å². The van der Waals surface area contributed by atoms with E-state index in [1.165, 1.54) is 0 Å². The summed E-state index contributed by atoms with van der Waals surface area (Å²) in [5.74, 6) is 0.998. The Morgan fingerprint density at radius 2 is 2.11 bits per heavy atom. The lowest BCUT2D eigenvalue weighted by Crippen LogP contribution is -2.38. The van der Waals surface area contributed by atoms with E-state index in [0.717, 1.165) is 42.9 Å². The molecule has 1 aliphatic rings. The average Bonchev–Trinajstić information content (AvgIpc) is 2.45. The van der Waals surface area contributed by atoms with Gasteiger partial charge < -0.3 is 19.8 Å². The maximum atomic E-state index is 9.09. The Labute approximate surface area is 113 Å². The quantitative estimate of drug-likeness (QED) is 0.827. The molecule has 106 valence electrons. The van der Waals surface area contributed by atoms with Crippen molar-refractivity contribution in [3.63, 3.8) is 0 Å². The number of aromatic nitrogens is 1. The summed E-state index contributed by atoms with van der Waals surface area (Å²) in [5, 5.41) is 17.8. The molecule has 1 aromatic heterocycles. The zero-order chi connectivity index (χ0) is 13.7. The number of aliphatic hydroxyl groups excluding tert-OH is 2. The van der Waals surface area contributed by atoms with Gasteiger partial charge in [-0.05, 0) is 37.0 Å². The number of rotatable bonds is 5. The molecule has 0 aromatic carbocycles. The third kappa shape index (κ3) is 3.65. The predicted octanol–water partition coefficient (Wildman–Crippen LogP) is 0.860. The minimum Gasteiger partial charge on any atom is -0.394 e. The Kier molecular flexibility index (Phi) is 5.13. The Bertz CT molecular complexity index is 404. The minimum absolute atomic E-state index is 0.0329. The molecule has 5 heteroatoms. The zero-order valence-electron chi connectivity index (χ0n) is 11.4. The van der Waals surface area contributed by atoms with Crippen LogP contribution < -0.4 is 4.90 Å². The topological polar surface area (TPSA) is 65.8 Å². The summed E-state index contributed by atoms with van der Waals surface area (Å²) >= 11 is 0. The fourth-order valence-electron chi connectivity index (χ4n) is 2.50. The molecule has 1 aromatic rings. The van der Waals surface area contributed by atoms with Crippen LogP contribution in [0.1, 0.15) is 24.0 Å². The summed E-state index contributed by atoms with van der Waals surface area (Å²) in [6.07, 6.45) is 3.91. The van der Waals surface area contributed by atoms with Crippen LogP contribution in [0, 0.1) is 6.92 Å². The van der Waals surface area contributed by atoms with Gasteiger partial charge in [-0.1, -0.05) is 0 Å². The molecule has 0 aliphatic carbocycles. The van der Waals surface area contributed by atoms with E-state index in [9.17, 15) is 0 Å². The maximum absolute atomic E-state index is 9.09. The van der Waals surface area contributed by atoms with Crippen LogP contribution in [0.25, 0.3) is 0 Å². The SMILES string of the molecule is Cc1cc(CO)cnc1N1CCC(OCCO)CC1. The summed E-state index contributed by atoms with van der Waals surface area (Å²) in [6, 6.07) is 1.98. The van der Waals surface area contributed by atoms with E-state index in [1.807, 2.05) is 13.0 Å². The van der Waals surface area contributed by atoms with E-state index >= 15 is 0 Å². The number of hydrogen-bond donors (Lipinski definition) is 2. The van der Waals surface area contributed by atoms with Crippen LogP contribution in [0.4, 0.5) is 5.82 Å². The predicted molar refractivity (Wildman–Crippen MR) is 73.2 cm³/mol. The fraction of sp³-hybridized carbons (Fsp3) is 0.643. The standard InChI is InChI=1S/C14H22N2O3/c1-11-8-12(10-18)9-15-14(11)16-4-2-13(3-5-16)19-7-6-17/h8-9,13,17-18H,2-7,10H2,1H3. The molecule has 0 atom stereocenters. The van der Waals surface area contributed by atoms with Crippen LogP contribution in [0.3, 0.4) is 0 Å². The number of aryl methyl sites for hydroxylation is 1. The van der Waals surface area contributed by atoms with Gasteiger partial charge in [0.05, 0.1) is 25.9 Å². The molecule has 0 radical (unpaired) electrons. The summed E-state index contributed by atoms with van der Waals surface area (Å²) in [6.45, 7) is 4.41. The molecule has 0 spiro atoms. The molecule has 1 saturated heterocycles. The normalized spacial score (nSPS) is 16.9. The molecule has 5 nitrogen and oxygen atoms in total. The molecule has 1 aliphatic heterocycles. The Morgan fingerprint density at radius 1 is 1.37 bits per heavy atom. The van der Waals surface area contributed by atoms with Crippen molar-refractivity contribution in [2.75, 3.05) is 31.2 Å². The van der Waals surface area contributed by atoms with Gasteiger partial charge in [-0.25, -0.2) is 4.98 Å². The summed E-state index contributed by atoms with van der Waals surface area (Å²) in [5.41, 5.74) is 1.95. The van der Waals surface area contributed by atoms with Crippen LogP contribution in [-0.2, 0) is 11.3 Å². The number of ether oxygens (including phenoxy) is 1. The molecule has 0 saturated carbocycles. The van der Waals surface area contributed by atoms with Gasteiger partial charge in [-0.15, -0.1) is 0 Å². The monoisotopic (exact) mass is 266 g/mol. The van der Waals surface area contributed by atoms with Gasteiger partial charge in [-0.3, -0.25) is 0 Å². The first-order valence-corrected chi connectivity index (χ1v) is 6.78. The first-order valence-electron chi connectivity index (χ1n) is 6.78. The molecule has 0 unspecified atom stereocenters. The van der Waals surface area contributed by atoms with E-state index in [0.29, 0.717) is 6.61 Å². The van der Waals surface area contributed by atoms with E-state index in [1.54, 1.807) is 6.20 Å². The van der Waals surface area contributed by atoms with Crippen LogP contribution in [0.5, 0.6) is 0 Å². The third-order valence-electron chi connectivity index (χ3n) is 3.48. The number of pyridine rings is 1. The highest BCUT2D eigenvalue weighted by molar-refractivity contribution is 5.47. The second kappa shape index (κ2) is 6.84. The molecule has 2 rings (SSSR count). The summed E-state index contributed by atoms with van der Waals surface area (Å²) in [7, 11) is 0. The molecule has 1 fully saturated rings. The first kappa shape index (κ1) is 14.2. The smallest absolute Gasteiger partial charge is 0.131 e. The van der Waals surface area contributed by atoms with E-state index in [-0.39, 0.29) is 19.3 Å². The second-order valence-corrected chi connectivity index (χ2v) is 4.92. The number of hydrogen-bond acceptors (Lipinski definition) is 5. The van der Waals surface area contributed by atoms with Gasteiger partial charge in [0.2, 0.25) is 0 Å². The molecular weight excluding hydrogens is 244 g/mol. The minimum atomic E-state index is 0.0329. The Hall–Kier alpha value is -1.17. The van der Waals surface area contributed by atoms with Crippen molar-refractivity contribution in [3.05, 3.63) is 23.4 Å². The highest BCUT2D eigenvalue weighted by Crippen LogP contribution is 2.23. The Morgan fingerprint density at radius 3 is 2.68 bits per heavy atom. The molecule has 2 heterocycles. The van der Waals surface area contributed by atoms with Gasteiger partial charge in [0, 0.05) is 19.3 Å². The average molecular weight is 266 g/mol. The van der Waals surface area contributed by atoms with Gasteiger partial charge >= 0.3 is 0 Å². The van der Waals surface area contributed by atoms with Gasteiger partial charge in [0.25, 0.3) is 0 Å². The summed E-state index contributed by atoms with van der Waals surface area (Å²) in [4.78, 5) is 6.70. The lowest BCUT2D eigenvalue weighted by molar-refractivity contribution is 0.0158. The fourth-order valence-corrected chi connectivity index (χ4v) is 2.50. The van der Waals surface area contributed by atoms with Crippen molar-refractivity contribution < 1.29 is 14.9 Å². The van der Waals surface area contributed by atoms with E-state index in [4.69, 9.17) is 14.9 Å². The largest absolute Gasteiger partial charge is 0.394 e. The van der Waals surface area contributed by atoms with Gasteiger partial charge in [0.1, 0.15) is 5.82 Å². The van der Waals surface area contributed by atoms with E-state index < -0.39 is 0 Å². The van der Waals surface area contributed by atoms with E-state index in [2.05, 4.69) is 9.88 Å². The van der Waals surface area contributed by atoms with Crippen molar-refractivity contribution in [1.82, 2.24) is 4.98 Å². The molecular formula is C14H22N2O3. The molecule has 2 N–H and O–H groups in total. The highest BCUT2D eigenvalue weighted by Gasteiger charge is 2.21. The van der Waals surface area contributed by atoms with Crippen LogP contribution >= 0.6 is 0 Å². The van der Waals surface area contributed by atoms with Gasteiger partial charge in [0.15, 0.2) is 0 Å². The van der Waals surface area contributed by atoms with Crippen molar-refractivity contribution in [1.29, 1.82) is 0 Å². The molecule has 19 heavy (non-hydrogen) atoms. The van der Waals surface area contributed by atoms with Crippen molar-refractivity contribution in [3.8, 4) is 0 Å². The lowest BCUT2D eigenvalue weighted by atomic mass is 10.1. The Balaban J connectivity index is 1.94. The number of nitrogens with zero attached hydrogens (tertiary/aromatic N) is 2. The van der Waals surface area contributed by atoms with Crippen LogP contribution in [0.2, 0.25) is 0 Å². The van der Waals surface area contributed by atoms with Crippen LogP contribution in [0.15, 0.2) is 12.3 Å².